The molecule has 0 saturated heterocycles. The molecule has 5 heteroatoms. The van der Waals surface area contributed by atoms with E-state index >= 15 is 0 Å². The number of halogens is 1. The number of methoxy groups -OCH3 is 1. The summed E-state index contributed by atoms with van der Waals surface area (Å²) in [6, 6.07) is 16.1. The van der Waals surface area contributed by atoms with Gasteiger partial charge in [-0.25, -0.2) is 0 Å². The van der Waals surface area contributed by atoms with Crippen LogP contribution >= 0.6 is 11.6 Å². The first kappa shape index (κ1) is 19.3. The number of nitrogens with two attached hydrogens (primary N) is 1. The van der Waals surface area contributed by atoms with E-state index in [-0.39, 0.29) is 0 Å². The van der Waals surface area contributed by atoms with Crippen molar-refractivity contribution < 1.29 is 9.47 Å². The Morgan fingerprint density at radius 2 is 1.70 bits per heavy atom. The standard InChI is InChI=1S/C22H25ClN2O2/c1-16-11-22(27-15-19-9-4-3-7-17(19)12-24)20(23)14-25(16)13-18-8-5-6-10-21(18)26-2/h3-11H,12-15,24H2,1-2H3. The number of nitrogens with zero attached hydrogens (tertiary/aromatic N) is 1. The van der Waals surface area contributed by atoms with Gasteiger partial charge in [0.25, 0.3) is 0 Å². The van der Waals surface area contributed by atoms with E-state index in [1.54, 1.807) is 7.11 Å². The zero-order valence-electron chi connectivity index (χ0n) is 15.7. The van der Waals surface area contributed by atoms with Crippen LogP contribution in [0.3, 0.4) is 0 Å². The normalized spacial score (nSPS) is 14.2. The predicted octanol–water partition coefficient (Wildman–Crippen LogP) is 4.54. The second kappa shape index (κ2) is 8.98. The fourth-order valence-electron chi connectivity index (χ4n) is 3.12. The highest BCUT2D eigenvalue weighted by Gasteiger charge is 2.19. The Balaban J connectivity index is 1.69. The Kier molecular flexibility index (Phi) is 6.43. The predicted molar refractivity (Wildman–Crippen MR) is 109 cm³/mol. The smallest absolute Gasteiger partial charge is 0.137 e. The number of hydrogen-bond acceptors (Lipinski definition) is 4. The lowest BCUT2D eigenvalue weighted by Crippen LogP contribution is -2.26. The van der Waals surface area contributed by atoms with Crippen LogP contribution in [0.5, 0.6) is 5.75 Å². The maximum Gasteiger partial charge on any atom is 0.137 e. The van der Waals surface area contributed by atoms with E-state index in [0.717, 1.165) is 40.4 Å². The van der Waals surface area contributed by atoms with Crippen molar-refractivity contribution in [1.29, 1.82) is 0 Å². The Labute approximate surface area is 165 Å². The second-order valence-electron chi connectivity index (χ2n) is 6.48. The van der Waals surface area contributed by atoms with Gasteiger partial charge in [-0.3, -0.25) is 0 Å². The monoisotopic (exact) mass is 384 g/mol. The summed E-state index contributed by atoms with van der Waals surface area (Å²) in [7, 11) is 1.69. The minimum absolute atomic E-state index is 0.454. The van der Waals surface area contributed by atoms with Crippen LogP contribution in [0, 0.1) is 0 Å². The van der Waals surface area contributed by atoms with Crippen LogP contribution in [0.1, 0.15) is 23.6 Å². The first-order valence-corrected chi connectivity index (χ1v) is 9.33. The molecular weight excluding hydrogens is 360 g/mol. The summed E-state index contributed by atoms with van der Waals surface area (Å²) in [6.45, 7) is 4.35. The highest BCUT2D eigenvalue weighted by Crippen LogP contribution is 2.28. The topological polar surface area (TPSA) is 47.7 Å². The summed E-state index contributed by atoms with van der Waals surface area (Å²) < 4.78 is 11.5. The number of benzene rings is 2. The van der Waals surface area contributed by atoms with Crippen LogP contribution in [0.25, 0.3) is 0 Å². The minimum Gasteiger partial charge on any atom is -0.496 e. The summed E-state index contributed by atoms with van der Waals surface area (Å²) in [5.74, 6) is 1.60. The van der Waals surface area contributed by atoms with Crippen LogP contribution in [0.4, 0.5) is 0 Å². The first-order valence-electron chi connectivity index (χ1n) is 8.95. The Bertz CT molecular complexity index is 861. The molecule has 0 radical (unpaired) electrons. The SMILES string of the molecule is COc1ccccc1CN1CC(Cl)=C(OCc2ccccc2CN)C=C1C. The fourth-order valence-corrected chi connectivity index (χ4v) is 3.38. The molecule has 0 aliphatic carbocycles. The van der Waals surface area contributed by atoms with Gasteiger partial charge in [-0.05, 0) is 24.1 Å². The summed E-state index contributed by atoms with van der Waals surface area (Å²) in [5, 5.41) is 0.695. The summed E-state index contributed by atoms with van der Waals surface area (Å²) in [6.07, 6.45) is 1.99. The molecule has 0 atom stereocenters. The third-order valence-electron chi connectivity index (χ3n) is 4.71. The molecule has 1 aliphatic heterocycles. The lowest BCUT2D eigenvalue weighted by atomic mass is 10.1. The first-order chi connectivity index (χ1) is 13.1. The van der Waals surface area contributed by atoms with Gasteiger partial charge in [0, 0.05) is 30.4 Å². The molecule has 2 N–H and O–H groups in total. The lowest BCUT2D eigenvalue weighted by Gasteiger charge is -2.30. The van der Waals surface area contributed by atoms with Crippen molar-refractivity contribution in [3.63, 3.8) is 0 Å². The van der Waals surface area contributed by atoms with Gasteiger partial charge >= 0.3 is 0 Å². The Morgan fingerprint density at radius 1 is 1.04 bits per heavy atom. The van der Waals surface area contributed by atoms with Crippen molar-refractivity contribution >= 4 is 11.6 Å². The molecule has 0 spiro atoms. The molecule has 4 nitrogen and oxygen atoms in total. The second-order valence-corrected chi connectivity index (χ2v) is 6.94. The molecule has 142 valence electrons. The Hall–Kier alpha value is -2.43. The van der Waals surface area contributed by atoms with Gasteiger partial charge in [0.1, 0.15) is 18.1 Å². The van der Waals surface area contributed by atoms with Crippen molar-refractivity contribution in [2.75, 3.05) is 13.7 Å². The van der Waals surface area contributed by atoms with Gasteiger partial charge in [0.2, 0.25) is 0 Å². The van der Waals surface area contributed by atoms with E-state index in [1.807, 2.05) is 48.5 Å². The van der Waals surface area contributed by atoms with Gasteiger partial charge in [-0.15, -0.1) is 0 Å². The van der Waals surface area contributed by atoms with Crippen LogP contribution in [-0.4, -0.2) is 18.6 Å². The fraction of sp³-hybridized carbons (Fsp3) is 0.273. The maximum absolute atomic E-state index is 6.53. The summed E-state index contributed by atoms with van der Waals surface area (Å²) in [4.78, 5) is 2.21. The molecule has 0 saturated carbocycles. The molecule has 0 aromatic heterocycles. The summed E-state index contributed by atoms with van der Waals surface area (Å²) in [5.41, 5.74) is 10.2. The van der Waals surface area contributed by atoms with Crippen molar-refractivity contribution in [3.05, 3.63) is 87.8 Å². The number of para-hydroxylation sites is 1. The molecule has 2 aromatic rings. The molecule has 27 heavy (non-hydrogen) atoms. The van der Waals surface area contributed by atoms with Crippen LogP contribution in [0.2, 0.25) is 0 Å². The van der Waals surface area contributed by atoms with Gasteiger partial charge in [0.05, 0.1) is 18.7 Å². The van der Waals surface area contributed by atoms with E-state index in [2.05, 4.69) is 17.9 Å². The third kappa shape index (κ3) is 4.65. The van der Waals surface area contributed by atoms with E-state index < -0.39 is 0 Å². The van der Waals surface area contributed by atoms with Crippen molar-refractivity contribution in [2.45, 2.75) is 26.6 Å². The number of rotatable bonds is 7. The van der Waals surface area contributed by atoms with E-state index in [4.69, 9.17) is 26.8 Å². The van der Waals surface area contributed by atoms with Gasteiger partial charge in [-0.2, -0.15) is 0 Å². The van der Waals surface area contributed by atoms with E-state index in [1.165, 1.54) is 0 Å². The number of hydrogen-bond donors (Lipinski definition) is 1. The molecule has 1 aliphatic rings. The molecule has 0 bridgehead atoms. The lowest BCUT2D eigenvalue weighted by molar-refractivity contribution is 0.199. The molecule has 0 fully saturated rings. The highest BCUT2D eigenvalue weighted by atomic mass is 35.5. The molecule has 3 rings (SSSR count). The zero-order valence-corrected chi connectivity index (χ0v) is 16.5. The van der Waals surface area contributed by atoms with Crippen LogP contribution in [0.15, 0.2) is 71.1 Å². The van der Waals surface area contributed by atoms with Gasteiger partial charge in [-0.1, -0.05) is 54.1 Å². The van der Waals surface area contributed by atoms with Crippen molar-refractivity contribution in [2.24, 2.45) is 5.73 Å². The largest absolute Gasteiger partial charge is 0.496 e. The number of ether oxygens (including phenoxy) is 2. The third-order valence-corrected chi connectivity index (χ3v) is 5.02. The van der Waals surface area contributed by atoms with E-state index in [9.17, 15) is 0 Å². The van der Waals surface area contributed by atoms with Gasteiger partial charge in [0.15, 0.2) is 0 Å². The molecule has 0 amide bonds. The maximum atomic E-state index is 6.53. The number of allylic oxidation sites excluding steroid dienone is 2. The molecular formula is C22H25ClN2O2. The van der Waals surface area contributed by atoms with Crippen molar-refractivity contribution in [3.8, 4) is 5.75 Å². The van der Waals surface area contributed by atoms with Crippen molar-refractivity contribution in [1.82, 2.24) is 4.90 Å². The molecule has 2 aromatic carbocycles. The average Bonchev–Trinajstić information content (AvgIpc) is 2.70. The van der Waals surface area contributed by atoms with E-state index in [0.29, 0.717) is 24.7 Å². The molecule has 0 unspecified atom stereocenters. The van der Waals surface area contributed by atoms with Crippen LogP contribution in [-0.2, 0) is 24.4 Å². The summed E-state index contributed by atoms with van der Waals surface area (Å²) >= 11 is 6.53. The molecule has 1 heterocycles. The minimum atomic E-state index is 0.454. The zero-order chi connectivity index (χ0) is 19.2. The average molecular weight is 385 g/mol. The quantitative estimate of drug-likeness (QED) is 0.761. The van der Waals surface area contributed by atoms with Gasteiger partial charge < -0.3 is 20.1 Å². The van der Waals surface area contributed by atoms with Crippen LogP contribution < -0.4 is 10.5 Å². The highest BCUT2D eigenvalue weighted by molar-refractivity contribution is 6.30. The Morgan fingerprint density at radius 3 is 2.41 bits per heavy atom.